The predicted molar refractivity (Wildman–Crippen MR) is 111 cm³/mol. The second-order valence-electron chi connectivity index (χ2n) is 7.46. The molecule has 1 N–H and O–H groups in total. The Labute approximate surface area is 166 Å². The molecule has 150 valence electrons. The number of esters is 1. The van der Waals surface area contributed by atoms with E-state index in [1.54, 1.807) is 6.33 Å². The average Bonchev–Trinajstić information content (AvgIpc) is 2.68. The lowest BCUT2D eigenvalue weighted by molar-refractivity contribution is -0.141. The first-order valence-electron chi connectivity index (χ1n) is 9.69. The van der Waals surface area contributed by atoms with Gasteiger partial charge >= 0.3 is 5.97 Å². The molecule has 1 aliphatic heterocycles. The van der Waals surface area contributed by atoms with Gasteiger partial charge in [-0.15, -0.1) is 0 Å². The van der Waals surface area contributed by atoms with Crippen molar-refractivity contribution in [1.82, 2.24) is 14.9 Å². The van der Waals surface area contributed by atoms with Crippen molar-refractivity contribution in [2.24, 2.45) is 5.92 Å². The van der Waals surface area contributed by atoms with Crippen molar-refractivity contribution in [2.45, 2.75) is 19.8 Å². The number of nitrogens with zero attached hydrogens (tertiary/aromatic N) is 4. The zero-order valence-corrected chi connectivity index (χ0v) is 16.9. The van der Waals surface area contributed by atoms with E-state index in [1.165, 1.54) is 12.7 Å². The van der Waals surface area contributed by atoms with Gasteiger partial charge in [0, 0.05) is 31.4 Å². The van der Waals surface area contributed by atoms with E-state index in [0.717, 1.165) is 49.8 Å². The minimum Gasteiger partial charge on any atom is -0.468 e. The number of aryl methyl sites for hydroxylation is 1. The van der Waals surface area contributed by atoms with Gasteiger partial charge in [-0.2, -0.15) is 0 Å². The number of rotatable bonds is 7. The molecule has 0 bridgehead atoms. The maximum atomic E-state index is 11.4. The van der Waals surface area contributed by atoms with Gasteiger partial charge in [0.2, 0.25) is 0 Å². The van der Waals surface area contributed by atoms with Gasteiger partial charge in [0.1, 0.15) is 18.0 Å². The predicted octanol–water partition coefficient (Wildman–Crippen LogP) is 2.85. The highest BCUT2D eigenvalue weighted by Crippen LogP contribution is 2.24. The van der Waals surface area contributed by atoms with Crippen LogP contribution in [0, 0.1) is 12.8 Å². The molecular weight excluding hydrogens is 354 g/mol. The van der Waals surface area contributed by atoms with E-state index in [4.69, 9.17) is 4.74 Å². The van der Waals surface area contributed by atoms with Gasteiger partial charge in [0.25, 0.3) is 0 Å². The molecule has 3 rings (SSSR count). The molecule has 1 aromatic heterocycles. The molecule has 1 aromatic carbocycles. The van der Waals surface area contributed by atoms with Crippen LogP contribution in [0.15, 0.2) is 36.7 Å². The van der Waals surface area contributed by atoms with Gasteiger partial charge in [-0.1, -0.05) is 12.1 Å². The Bertz CT molecular complexity index is 790. The molecule has 7 heteroatoms. The lowest BCUT2D eigenvalue weighted by Gasteiger charge is -2.34. The van der Waals surface area contributed by atoms with E-state index in [0.29, 0.717) is 12.5 Å². The average molecular weight is 383 g/mol. The van der Waals surface area contributed by atoms with E-state index in [2.05, 4.69) is 39.2 Å². The molecule has 7 nitrogen and oxygen atoms in total. The normalized spacial score (nSPS) is 14.9. The lowest BCUT2D eigenvalue weighted by Crippen LogP contribution is -2.39. The first-order valence-corrected chi connectivity index (χ1v) is 9.69. The third-order valence-electron chi connectivity index (χ3n) is 5.08. The van der Waals surface area contributed by atoms with Crippen LogP contribution in [0.25, 0.3) is 0 Å². The fraction of sp³-hybridized carbons (Fsp3) is 0.476. The summed E-state index contributed by atoms with van der Waals surface area (Å²) >= 11 is 0. The van der Waals surface area contributed by atoms with E-state index in [9.17, 15) is 4.79 Å². The summed E-state index contributed by atoms with van der Waals surface area (Å²) in [6, 6.07) is 10.2. The Kier molecular flexibility index (Phi) is 6.81. The highest BCUT2D eigenvalue weighted by Gasteiger charge is 2.22. The van der Waals surface area contributed by atoms with Crippen molar-refractivity contribution in [1.29, 1.82) is 0 Å². The number of benzene rings is 1. The number of carbonyl (C=O) groups excluding carboxylic acids is 1. The molecule has 0 aliphatic carbocycles. The molecule has 0 radical (unpaired) electrons. The van der Waals surface area contributed by atoms with Gasteiger partial charge in [-0.25, -0.2) is 9.97 Å². The van der Waals surface area contributed by atoms with E-state index in [-0.39, 0.29) is 5.97 Å². The Morgan fingerprint density at radius 2 is 2.07 bits per heavy atom. The quantitative estimate of drug-likeness (QED) is 0.737. The largest absolute Gasteiger partial charge is 0.468 e. The summed E-state index contributed by atoms with van der Waals surface area (Å²) in [5.74, 6) is 2.15. The van der Waals surface area contributed by atoms with E-state index >= 15 is 0 Å². The molecule has 2 heterocycles. The summed E-state index contributed by atoms with van der Waals surface area (Å²) in [4.78, 5) is 24.5. The number of hydrogen-bond acceptors (Lipinski definition) is 7. The molecule has 1 fully saturated rings. The van der Waals surface area contributed by atoms with Crippen LogP contribution < -0.4 is 10.2 Å². The van der Waals surface area contributed by atoms with Crippen LogP contribution in [0.2, 0.25) is 0 Å². The maximum absolute atomic E-state index is 11.4. The van der Waals surface area contributed by atoms with Crippen molar-refractivity contribution >= 4 is 23.3 Å². The third kappa shape index (κ3) is 5.66. The number of hydrogen-bond donors (Lipinski definition) is 1. The Balaban J connectivity index is 1.54. The van der Waals surface area contributed by atoms with Crippen LogP contribution in [0.3, 0.4) is 0 Å². The van der Waals surface area contributed by atoms with Gasteiger partial charge in [0.15, 0.2) is 0 Å². The Hall–Kier alpha value is -2.67. The number of anilines is 3. The second kappa shape index (κ2) is 9.50. The van der Waals surface area contributed by atoms with Crippen LogP contribution in [-0.2, 0) is 9.53 Å². The summed E-state index contributed by atoms with van der Waals surface area (Å²) in [5.41, 5.74) is 2.23. The SMILES string of the molecule is COC(=O)CN(C)CC1CCN(c2cc(Nc3cccc(C)c3)ncn2)CC1. The lowest BCUT2D eigenvalue weighted by atomic mass is 9.96. The first-order chi connectivity index (χ1) is 13.5. The number of likely N-dealkylation sites (N-methyl/N-ethyl adjacent to an activating group) is 1. The molecular formula is C21H29N5O2. The summed E-state index contributed by atoms with van der Waals surface area (Å²) in [5, 5.41) is 3.35. The molecule has 0 amide bonds. The molecule has 28 heavy (non-hydrogen) atoms. The summed E-state index contributed by atoms with van der Waals surface area (Å²) in [6.07, 6.45) is 3.77. The number of piperidine rings is 1. The van der Waals surface area contributed by atoms with Crippen LogP contribution >= 0.6 is 0 Å². The van der Waals surface area contributed by atoms with E-state index < -0.39 is 0 Å². The maximum Gasteiger partial charge on any atom is 0.319 e. The van der Waals surface area contributed by atoms with E-state index in [1.807, 2.05) is 30.1 Å². The Morgan fingerprint density at radius 3 is 2.79 bits per heavy atom. The van der Waals surface area contributed by atoms with Crippen molar-refractivity contribution in [2.75, 3.05) is 50.6 Å². The van der Waals surface area contributed by atoms with Crippen molar-refractivity contribution in [3.63, 3.8) is 0 Å². The van der Waals surface area contributed by atoms with Gasteiger partial charge in [-0.3, -0.25) is 9.69 Å². The minimum atomic E-state index is -0.186. The highest BCUT2D eigenvalue weighted by atomic mass is 16.5. The number of aromatic nitrogens is 2. The molecule has 1 aliphatic rings. The minimum absolute atomic E-state index is 0.186. The molecule has 2 aromatic rings. The first kappa shape index (κ1) is 20.1. The van der Waals surface area contributed by atoms with Crippen LogP contribution in [0.4, 0.5) is 17.3 Å². The topological polar surface area (TPSA) is 70.6 Å². The fourth-order valence-electron chi connectivity index (χ4n) is 3.59. The van der Waals surface area contributed by atoms with Gasteiger partial charge in [0.05, 0.1) is 13.7 Å². The zero-order chi connectivity index (χ0) is 19.9. The number of carbonyl (C=O) groups is 1. The highest BCUT2D eigenvalue weighted by molar-refractivity contribution is 5.71. The standard InChI is InChI=1S/C21H29N5O2/c1-16-5-4-6-18(11-16)24-19-12-20(23-15-22-19)26-9-7-17(8-10-26)13-25(2)14-21(27)28-3/h4-6,11-12,15,17H,7-10,13-14H2,1-3H3,(H,22,23,24). The second-order valence-corrected chi connectivity index (χ2v) is 7.46. The number of ether oxygens (including phenoxy) is 1. The smallest absolute Gasteiger partial charge is 0.319 e. The molecule has 0 unspecified atom stereocenters. The van der Waals surface area contributed by atoms with Crippen LogP contribution in [-0.4, -0.2) is 61.2 Å². The Morgan fingerprint density at radius 1 is 1.29 bits per heavy atom. The number of nitrogens with one attached hydrogen (secondary N) is 1. The van der Waals surface area contributed by atoms with Gasteiger partial charge < -0.3 is 15.0 Å². The summed E-state index contributed by atoms with van der Waals surface area (Å²) < 4.78 is 4.74. The fourth-order valence-corrected chi connectivity index (χ4v) is 3.59. The molecule has 0 saturated carbocycles. The zero-order valence-electron chi connectivity index (χ0n) is 16.9. The van der Waals surface area contributed by atoms with Gasteiger partial charge in [-0.05, 0) is 50.4 Å². The number of methoxy groups -OCH3 is 1. The molecule has 1 saturated heterocycles. The van der Waals surface area contributed by atoms with Crippen LogP contribution in [0.5, 0.6) is 0 Å². The van der Waals surface area contributed by atoms with Crippen molar-refractivity contribution in [3.8, 4) is 0 Å². The summed E-state index contributed by atoms with van der Waals surface area (Å²) in [7, 11) is 3.40. The van der Waals surface area contributed by atoms with Crippen molar-refractivity contribution < 1.29 is 9.53 Å². The molecule has 0 atom stereocenters. The summed E-state index contributed by atoms with van der Waals surface area (Å²) in [6.45, 7) is 5.24. The van der Waals surface area contributed by atoms with Crippen molar-refractivity contribution in [3.05, 3.63) is 42.2 Å². The van der Waals surface area contributed by atoms with Crippen LogP contribution in [0.1, 0.15) is 18.4 Å². The third-order valence-corrected chi connectivity index (χ3v) is 5.08. The molecule has 0 spiro atoms. The monoisotopic (exact) mass is 383 g/mol.